The first kappa shape index (κ1) is 11.7. The van der Waals surface area contributed by atoms with Crippen molar-refractivity contribution in [3.05, 3.63) is 11.1 Å². The average molecular weight is 170 g/mol. The zero-order valence-corrected chi connectivity index (χ0v) is 8.94. The summed E-state index contributed by atoms with van der Waals surface area (Å²) < 4.78 is 5.39. The van der Waals surface area contributed by atoms with E-state index in [0.717, 1.165) is 26.1 Å². The van der Waals surface area contributed by atoms with Crippen molar-refractivity contribution in [2.75, 3.05) is 13.2 Å². The zero-order chi connectivity index (χ0) is 9.40. The van der Waals surface area contributed by atoms with Gasteiger partial charge in [-0.15, -0.1) is 0 Å². The van der Waals surface area contributed by atoms with Gasteiger partial charge >= 0.3 is 0 Å². The summed E-state index contributed by atoms with van der Waals surface area (Å²) in [5, 5.41) is 0. The van der Waals surface area contributed by atoms with Gasteiger partial charge < -0.3 is 4.74 Å². The quantitative estimate of drug-likeness (QED) is 0.437. The first-order valence-electron chi connectivity index (χ1n) is 4.89. The van der Waals surface area contributed by atoms with Crippen LogP contribution >= 0.6 is 0 Å². The lowest BCUT2D eigenvalue weighted by atomic mass is 10.1. The van der Waals surface area contributed by atoms with Crippen molar-refractivity contribution in [2.24, 2.45) is 0 Å². The molecule has 1 nitrogen and oxygen atoms in total. The maximum atomic E-state index is 5.39. The van der Waals surface area contributed by atoms with Gasteiger partial charge in [-0.2, -0.15) is 0 Å². The molecule has 0 aromatic carbocycles. The maximum Gasteiger partial charge on any atom is 0.0469 e. The van der Waals surface area contributed by atoms with Gasteiger partial charge in [-0.3, -0.25) is 0 Å². The maximum absolute atomic E-state index is 5.39. The van der Waals surface area contributed by atoms with Gasteiger partial charge in [-0.25, -0.2) is 0 Å². The van der Waals surface area contributed by atoms with Crippen LogP contribution in [-0.4, -0.2) is 13.2 Å². The molecule has 12 heavy (non-hydrogen) atoms. The molecule has 0 saturated carbocycles. The Morgan fingerprint density at radius 3 is 2.25 bits per heavy atom. The third kappa shape index (κ3) is 6.41. The molecule has 0 aliphatic carbocycles. The molecule has 0 amide bonds. The average Bonchev–Trinajstić information content (AvgIpc) is 2.03. The summed E-state index contributed by atoms with van der Waals surface area (Å²) in [7, 11) is 0. The standard InChI is InChI=1S/C11H22O/c1-5-8-12-9-6-7-11(4)10(2)3/h5-9H2,1-4H3. The predicted molar refractivity (Wildman–Crippen MR) is 54.4 cm³/mol. The molecule has 0 rings (SSSR count). The van der Waals surface area contributed by atoms with Crippen LogP contribution in [0.5, 0.6) is 0 Å². The highest BCUT2D eigenvalue weighted by atomic mass is 16.5. The van der Waals surface area contributed by atoms with E-state index in [1.54, 1.807) is 0 Å². The Morgan fingerprint density at radius 2 is 1.75 bits per heavy atom. The number of hydrogen-bond acceptors (Lipinski definition) is 1. The molecule has 0 fully saturated rings. The molecule has 1 heteroatoms. The van der Waals surface area contributed by atoms with E-state index in [-0.39, 0.29) is 0 Å². The molecule has 0 spiro atoms. The van der Waals surface area contributed by atoms with Gasteiger partial charge in [0, 0.05) is 13.2 Å². The summed E-state index contributed by atoms with van der Waals surface area (Å²) >= 11 is 0. The lowest BCUT2D eigenvalue weighted by Crippen LogP contribution is -1.96. The van der Waals surface area contributed by atoms with Crippen molar-refractivity contribution in [3.63, 3.8) is 0 Å². The Kier molecular flexibility index (Phi) is 7.17. The van der Waals surface area contributed by atoms with Gasteiger partial charge in [0.15, 0.2) is 0 Å². The normalized spacial score (nSPS) is 10.0. The second-order valence-corrected chi connectivity index (χ2v) is 3.50. The van der Waals surface area contributed by atoms with Crippen LogP contribution in [0, 0.1) is 0 Å². The van der Waals surface area contributed by atoms with Crippen molar-refractivity contribution in [1.29, 1.82) is 0 Å². The summed E-state index contributed by atoms with van der Waals surface area (Å²) in [6.45, 7) is 10.5. The SMILES string of the molecule is CCCOCCCC(C)=C(C)C. The minimum atomic E-state index is 0.911. The van der Waals surface area contributed by atoms with E-state index in [1.165, 1.54) is 17.6 Å². The molecular weight excluding hydrogens is 148 g/mol. The van der Waals surface area contributed by atoms with E-state index in [1.807, 2.05) is 0 Å². The first-order valence-corrected chi connectivity index (χ1v) is 4.89. The van der Waals surface area contributed by atoms with E-state index < -0.39 is 0 Å². The number of rotatable bonds is 6. The van der Waals surface area contributed by atoms with Crippen LogP contribution in [0.3, 0.4) is 0 Å². The zero-order valence-electron chi connectivity index (χ0n) is 8.94. The highest BCUT2D eigenvalue weighted by Gasteiger charge is 1.92. The van der Waals surface area contributed by atoms with E-state index in [0.29, 0.717) is 0 Å². The minimum absolute atomic E-state index is 0.911. The summed E-state index contributed by atoms with van der Waals surface area (Å²) in [6.07, 6.45) is 3.48. The summed E-state index contributed by atoms with van der Waals surface area (Å²) in [5.74, 6) is 0. The van der Waals surface area contributed by atoms with Gasteiger partial charge in [0.05, 0.1) is 0 Å². The third-order valence-corrected chi connectivity index (χ3v) is 2.04. The smallest absolute Gasteiger partial charge is 0.0469 e. The highest BCUT2D eigenvalue weighted by Crippen LogP contribution is 2.09. The predicted octanol–water partition coefficient (Wildman–Crippen LogP) is 3.55. The molecule has 0 aliphatic rings. The summed E-state index contributed by atoms with van der Waals surface area (Å²) in [4.78, 5) is 0. The molecule has 0 aliphatic heterocycles. The van der Waals surface area contributed by atoms with Crippen LogP contribution in [-0.2, 0) is 4.74 Å². The Labute approximate surface area is 76.8 Å². The lowest BCUT2D eigenvalue weighted by Gasteiger charge is -2.04. The molecule has 0 atom stereocenters. The lowest BCUT2D eigenvalue weighted by molar-refractivity contribution is 0.132. The molecule has 72 valence electrons. The fraction of sp³-hybridized carbons (Fsp3) is 0.818. The molecule has 0 unspecified atom stereocenters. The minimum Gasteiger partial charge on any atom is -0.381 e. The summed E-state index contributed by atoms with van der Waals surface area (Å²) in [5.41, 5.74) is 2.96. The van der Waals surface area contributed by atoms with Crippen LogP contribution < -0.4 is 0 Å². The Bertz CT molecular complexity index is 132. The fourth-order valence-corrected chi connectivity index (χ4v) is 0.936. The fourth-order valence-electron chi connectivity index (χ4n) is 0.936. The van der Waals surface area contributed by atoms with Gasteiger partial charge in [0.1, 0.15) is 0 Å². The van der Waals surface area contributed by atoms with Crippen LogP contribution in [0.15, 0.2) is 11.1 Å². The Balaban J connectivity index is 3.26. The monoisotopic (exact) mass is 170 g/mol. The molecule has 0 aromatic rings. The van der Waals surface area contributed by atoms with Crippen LogP contribution in [0.25, 0.3) is 0 Å². The largest absolute Gasteiger partial charge is 0.381 e. The molecule has 0 bridgehead atoms. The van der Waals surface area contributed by atoms with Crippen molar-refractivity contribution < 1.29 is 4.74 Å². The highest BCUT2D eigenvalue weighted by molar-refractivity contribution is 5.06. The second kappa shape index (κ2) is 7.35. The van der Waals surface area contributed by atoms with Crippen molar-refractivity contribution in [1.82, 2.24) is 0 Å². The molecule has 0 saturated heterocycles. The van der Waals surface area contributed by atoms with Crippen molar-refractivity contribution in [3.8, 4) is 0 Å². The first-order chi connectivity index (χ1) is 5.68. The van der Waals surface area contributed by atoms with E-state index in [9.17, 15) is 0 Å². The molecule has 0 N–H and O–H groups in total. The van der Waals surface area contributed by atoms with E-state index in [4.69, 9.17) is 4.74 Å². The van der Waals surface area contributed by atoms with Crippen LogP contribution in [0.4, 0.5) is 0 Å². The number of allylic oxidation sites excluding steroid dienone is 2. The molecule has 0 heterocycles. The van der Waals surface area contributed by atoms with Crippen LogP contribution in [0.1, 0.15) is 47.0 Å². The van der Waals surface area contributed by atoms with E-state index >= 15 is 0 Å². The van der Waals surface area contributed by atoms with Gasteiger partial charge in [-0.1, -0.05) is 18.1 Å². The molecule has 0 aromatic heterocycles. The number of hydrogen-bond donors (Lipinski definition) is 0. The van der Waals surface area contributed by atoms with E-state index in [2.05, 4.69) is 27.7 Å². The van der Waals surface area contributed by atoms with Crippen molar-refractivity contribution in [2.45, 2.75) is 47.0 Å². The van der Waals surface area contributed by atoms with Crippen LogP contribution in [0.2, 0.25) is 0 Å². The van der Waals surface area contributed by atoms with Gasteiger partial charge in [0.25, 0.3) is 0 Å². The van der Waals surface area contributed by atoms with Gasteiger partial charge in [-0.05, 0) is 40.0 Å². The molecule has 0 radical (unpaired) electrons. The third-order valence-electron chi connectivity index (χ3n) is 2.04. The summed E-state index contributed by atoms with van der Waals surface area (Å²) in [6, 6.07) is 0. The van der Waals surface area contributed by atoms with Gasteiger partial charge in [0.2, 0.25) is 0 Å². The Hall–Kier alpha value is -0.300. The topological polar surface area (TPSA) is 9.23 Å². The Morgan fingerprint density at radius 1 is 1.08 bits per heavy atom. The molecular formula is C11H22O. The van der Waals surface area contributed by atoms with Crippen molar-refractivity contribution >= 4 is 0 Å². The second-order valence-electron chi connectivity index (χ2n) is 3.50. The number of ether oxygens (including phenoxy) is 1.